The lowest BCUT2D eigenvalue weighted by Crippen LogP contribution is -2.44. The molecule has 8 nitrogen and oxygen atoms in total. The quantitative estimate of drug-likeness (QED) is 0.793. The van der Waals surface area contributed by atoms with Gasteiger partial charge in [-0.05, 0) is 59.3 Å². The van der Waals surface area contributed by atoms with Gasteiger partial charge in [0, 0.05) is 36.9 Å². The Bertz CT molecular complexity index is 878. The SMILES string of the molecule is CC(C)(C)OC(=O)N1CCC(Nc2ncc3c(n2)N(C2CCCC2)C(=O)C32CC2)CC1. The Morgan fingerprint density at radius 2 is 1.84 bits per heavy atom. The van der Waals surface area contributed by atoms with E-state index in [0.717, 1.165) is 49.9 Å². The molecule has 2 amide bonds. The number of fused-ring (bicyclic) bond motifs is 2. The van der Waals surface area contributed by atoms with Crippen molar-refractivity contribution < 1.29 is 14.3 Å². The van der Waals surface area contributed by atoms with Gasteiger partial charge >= 0.3 is 6.09 Å². The van der Waals surface area contributed by atoms with Crippen LogP contribution in [0.2, 0.25) is 0 Å². The van der Waals surface area contributed by atoms with E-state index in [2.05, 4.69) is 10.3 Å². The van der Waals surface area contributed by atoms with Crippen LogP contribution in [0.1, 0.15) is 77.7 Å². The fourth-order valence-electron chi connectivity index (χ4n) is 5.23. The van der Waals surface area contributed by atoms with E-state index in [1.165, 1.54) is 12.8 Å². The summed E-state index contributed by atoms with van der Waals surface area (Å²) in [5, 5.41) is 3.45. The number of carbonyl (C=O) groups is 2. The van der Waals surface area contributed by atoms with Crippen LogP contribution in [0.4, 0.5) is 16.6 Å². The smallest absolute Gasteiger partial charge is 0.410 e. The summed E-state index contributed by atoms with van der Waals surface area (Å²) < 4.78 is 5.48. The average molecular weight is 428 g/mol. The summed E-state index contributed by atoms with van der Waals surface area (Å²) in [6.07, 6.45) is 9.59. The average Bonchev–Trinajstić information content (AvgIpc) is 3.27. The molecule has 3 fully saturated rings. The zero-order valence-corrected chi connectivity index (χ0v) is 18.8. The number of anilines is 2. The summed E-state index contributed by atoms with van der Waals surface area (Å²) in [5.41, 5.74) is 0.205. The number of hydrogen-bond donors (Lipinski definition) is 1. The van der Waals surface area contributed by atoms with Crippen molar-refractivity contribution in [3.8, 4) is 0 Å². The fourth-order valence-corrected chi connectivity index (χ4v) is 5.23. The van der Waals surface area contributed by atoms with Gasteiger partial charge in [-0.15, -0.1) is 0 Å². The molecule has 8 heteroatoms. The molecule has 0 bridgehead atoms. The van der Waals surface area contributed by atoms with Gasteiger partial charge in [-0.2, -0.15) is 4.98 Å². The van der Waals surface area contributed by atoms with Crippen molar-refractivity contribution in [2.75, 3.05) is 23.3 Å². The minimum atomic E-state index is -0.480. The minimum Gasteiger partial charge on any atom is -0.444 e. The molecule has 5 rings (SSSR count). The standard InChI is InChI=1S/C23H33N5O3/c1-22(2,3)31-21(30)27-12-8-15(9-13-27)25-20-24-14-17-18(26-20)28(16-6-4-5-7-16)19(29)23(17)10-11-23/h14-16H,4-13H2,1-3H3,(H,24,25,26). The molecular formula is C23H33N5O3. The van der Waals surface area contributed by atoms with Crippen molar-refractivity contribution in [1.82, 2.24) is 14.9 Å². The Hall–Kier alpha value is -2.38. The Kier molecular flexibility index (Phi) is 4.86. The first-order valence-electron chi connectivity index (χ1n) is 11.7. The second kappa shape index (κ2) is 7.35. The monoisotopic (exact) mass is 427 g/mol. The highest BCUT2D eigenvalue weighted by atomic mass is 16.6. The van der Waals surface area contributed by atoms with Crippen LogP contribution in [-0.4, -0.2) is 57.6 Å². The highest BCUT2D eigenvalue weighted by molar-refractivity contribution is 6.09. The third-order valence-electron chi connectivity index (χ3n) is 7.06. The van der Waals surface area contributed by atoms with Gasteiger partial charge < -0.3 is 15.0 Å². The summed E-state index contributed by atoms with van der Waals surface area (Å²) in [7, 11) is 0. The lowest BCUT2D eigenvalue weighted by molar-refractivity contribution is -0.120. The zero-order chi connectivity index (χ0) is 21.8. The summed E-state index contributed by atoms with van der Waals surface area (Å²) in [5.74, 6) is 1.66. The zero-order valence-electron chi connectivity index (χ0n) is 18.8. The number of rotatable bonds is 3. The lowest BCUT2D eigenvalue weighted by Gasteiger charge is -2.33. The normalized spacial score (nSPS) is 23.4. The topological polar surface area (TPSA) is 87.7 Å². The van der Waals surface area contributed by atoms with E-state index >= 15 is 0 Å². The van der Waals surface area contributed by atoms with E-state index in [1.54, 1.807) is 4.90 Å². The Balaban J connectivity index is 1.26. The largest absolute Gasteiger partial charge is 0.444 e. The van der Waals surface area contributed by atoms with Gasteiger partial charge in [0.25, 0.3) is 0 Å². The van der Waals surface area contributed by atoms with E-state index < -0.39 is 5.60 Å². The summed E-state index contributed by atoms with van der Waals surface area (Å²) >= 11 is 0. The first kappa shape index (κ1) is 20.5. The maximum absolute atomic E-state index is 13.2. The van der Waals surface area contributed by atoms with Gasteiger partial charge in [-0.1, -0.05) is 12.8 Å². The molecule has 0 atom stereocenters. The molecule has 31 heavy (non-hydrogen) atoms. The highest BCUT2D eigenvalue weighted by Gasteiger charge is 2.61. The maximum Gasteiger partial charge on any atom is 0.410 e. The van der Waals surface area contributed by atoms with Crippen LogP contribution in [0.3, 0.4) is 0 Å². The van der Waals surface area contributed by atoms with Gasteiger partial charge in [-0.3, -0.25) is 9.69 Å². The predicted molar refractivity (Wildman–Crippen MR) is 117 cm³/mol. The van der Waals surface area contributed by atoms with Crippen LogP contribution < -0.4 is 10.2 Å². The molecule has 1 aromatic heterocycles. The molecule has 1 N–H and O–H groups in total. The van der Waals surface area contributed by atoms with Gasteiger partial charge in [-0.25, -0.2) is 9.78 Å². The van der Waals surface area contributed by atoms with E-state index in [-0.39, 0.29) is 29.5 Å². The molecule has 2 saturated carbocycles. The minimum absolute atomic E-state index is 0.198. The first-order chi connectivity index (χ1) is 14.8. The number of piperidine rings is 1. The molecule has 0 unspecified atom stereocenters. The van der Waals surface area contributed by atoms with Crippen LogP contribution >= 0.6 is 0 Å². The van der Waals surface area contributed by atoms with Gasteiger partial charge in [0.15, 0.2) is 0 Å². The number of nitrogens with one attached hydrogen (secondary N) is 1. The van der Waals surface area contributed by atoms with Crippen LogP contribution in [0.5, 0.6) is 0 Å². The van der Waals surface area contributed by atoms with Crippen LogP contribution in [0.15, 0.2) is 6.20 Å². The van der Waals surface area contributed by atoms with Gasteiger partial charge in [0.05, 0.1) is 5.41 Å². The van der Waals surface area contributed by atoms with E-state index in [4.69, 9.17) is 9.72 Å². The van der Waals surface area contributed by atoms with Crippen LogP contribution in [0.25, 0.3) is 0 Å². The third kappa shape index (κ3) is 3.74. The maximum atomic E-state index is 13.2. The van der Waals surface area contributed by atoms with Crippen molar-refractivity contribution in [2.24, 2.45) is 0 Å². The van der Waals surface area contributed by atoms with E-state index in [0.29, 0.717) is 19.0 Å². The molecule has 3 heterocycles. The Morgan fingerprint density at radius 3 is 2.45 bits per heavy atom. The van der Waals surface area contributed by atoms with E-state index in [1.807, 2.05) is 31.9 Å². The molecule has 1 aromatic rings. The molecule has 2 aliphatic carbocycles. The Morgan fingerprint density at radius 1 is 1.16 bits per heavy atom. The lowest BCUT2D eigenvalue weighted by atomic mass is 10.0. The second-order valence-electron chi connectivity index (χ2n) is 10.5. The summed E-state index contributed by atoms with van der Waals surface area (Å²) in [4.78, 5) is 38.7. The second-order valence-corrected chi connectivity index (χ2v) is 10.5. The van der Waals surface area contributed by atoms with Crippen LogP contribution in [-0.2, 0) is 14.9 Å². The first-order valence-corrected chi connectivity index (χ1v) is 11.7. The highest BCUT2D eigenvalue weighted by Crippen LogP contribution is 2.57. The number of carbonyl (C=O) groups excluding carboxylic acids is 2. The van der Waals surface area contributed by atoms with Crippen molar-refractivity contribution in [3.63, 3.8) is 0 Å². The van der Waals surface area contributed by atoms with Gasteiger partial charge in [0.2, 0.25) is 11.9 Å². The van der Waals surface area contributed by atoms with Gasteiger partial charge in [0.1, 0.15) is 11.4 Å². The molecule has 1 saturated heterocycles. The summed E-state index contributed by atoms with van der Waals surface area (Å²) in [6, 6.07) is 0.481. The molecule has 0 radical (unpaired) electrons. The van der Waals surface area contributed by atoms with Crippen LogP contribution in [0, 0.1) is 0 Å². The Labute approximate surface area is 183 Å². The number of likely N-dealkylation sites (tertiary alicyclic amines) is 1. The molecule has 1 spiro atoms. The summed E-state index contributed by atoms with van der Waals surface area (Å²) in [6.45, 7) is 6.95. The predicted octanol–water partition coefficient (Wildman–Crippen LogP) is 3.61. The van der Waals surface area contributed by atoms with Crippen molar-refractivity contribution in [2.45, 2.75) is 95.2 Å². The molecule has 168 valence electrons. The molecular weight excluding hydrogens is 394 g/mol. The van der Waals surface area contributed by atoms with Crippen molar-refractivity contribution in [3.05, 3.63) is 11.8 Å². The number of aromatic nitrogens is 2. The van der Waals surface area contributed by atoms with Crippen molar-refractivity contribution >= 4 is 23.8 Å². The number of nitrogens with zero attached hydrogens (tertiary/aromatic N) is 4. The molecule has 0 aromatic carbocycles. The number of hydrogen-bond acceptors (Lipinski definition) is 6. The fraction of sp³-hybridized carbons (Fsp3) is 0.739. The number of ether oxygens (including phenoxy) is 1. The third-order valence-corrected chi connectivity index (χ3v) is 7.06. The molecule has 2 aliphatic heterocycles. The number of amides is 2. The van der Waals surface area contributed by atoms with E-state index in [9.17, 15) is 9.59 Å². The van der Waals surface area contributed by atoms with Crippen molar-refractivity contribution in [1.29, 1.82) is 0 Å². The molecule has 4 aliphatic rings.